The van der Waals surface area contributed by atoms with Gasteiger partial charge in [-0.1, -0.05) is 40.4 Å². The van der Waals surface area contributed by atoms with Gasteiger partial charge in [-0.25, -0.2) is 4.98 Å². The minimum atomic E-state index is -0.0550. The maximum absolute atomic E-state index is 11.1. The van der Waals surface area contributed by atoms with Gasteiger partial charge in [-0.3, -0.25) is 9.78 Å². The van der Waals surface area contributed by atoms with Crippen molar-refractivity contribution in [2.24, 2.45) is 0 Å². The summed E-state index contributed by atoms with van der Waals surface area (Å²) < 4.78 is 0.921. The highest BCUT2D eigenvalue weighted by Crippen LogP contribution is 2.28. The molecule has 0 fully saturated rings. The average Bonchev–Trinajstić information content (AvgIpc) is 2.78. The molecule has 0 radical (unpaired) electrons. The van der Waals surface area contributed by atoms with Crippen molar-refractivity contribution in [1.82, 2.24) is 9.97 Å². The summed E-state index contributed by atoms with van der Waals surface area (Å²) in [5.74, 6) is 0. The maximum atomic E-state index is 11.1. The molecule has 86 valence electrons. The van der Waals surface area contributed by atoms with E-state index in [1.807, 2.05) is 31.2 Å². The second-order valence-corrected chi connectivity index (χ2v) is 5.90. The lowest BCUT2D eigenvalue weighted by molar-refractivity contribution is 1.32. The van der Waals surface area contributed by atoms with Crippen LogP contribution in [0.2, 0.25) is 0 Å². The van der Waals surface area contributed by atoms with Gasteiger partial charge in [-0.05, 0) is 19.1 Å². The van der Waals surface area contributed by atoms with E-state index in [0.29, 0.717) is 5.65 Å². The highest BCUT2D eigenvalue weighted by Gasteiger charge is 2.07. The first-order valence-electron chi connectivity index (χ1n) is 5.04. The Kier molecular flexibility index (Phi) is 2.45. The number of aromatic amines is 1. The van der Waals surface area contributed by atoms with Crippen molar-refractivity contribution in [3.05, 3.63) is 39.5 Å². The van der Waals surface area contributed by atoms with Crippen LogP contribution in [0.4, 0.5) is 10.8 Å². The van der Waals surface area contributed by atoms with Gasteiger partial charge in [-0.15, -0.1) is 0 Å². The molecule has 0 aliphatic carbocycles. The summed E-state index contributed by atoms with van der Waals surface area (Å²) in [6, 6.07) is 8.10. The van der Waals surface area contributed by atoms with E-state index in [9.17, 15) is 4.79 Å². The molecule has 3 aromatic rings. The molecule has 0 bridgehead atoms. The quantitative estimate of drug-likeness (QED) is 0.747. The molecular formula is C11H9N3OS2. The van der Waals surface area contributed by atoms with E-state index < -0.39 is 0 Å². The molecule has 1 aromatic carbocycles. The van der Waals surface area contributed by atoms with Gasteiger partial charge >= 0.3 is 4.87 Å². The second-order valence-electron chi connectivity index (χ2n) is 3.66. The third-order valence-electron chi connectivity index (χ3n) is 2.30. The minimum absolute atomic E-state index is 0.0550. The Morgan fingerprint density at radius 1 is 1.24 bits per heavy atom. The molecule has 6 heteroatoms. The Hall–Kier alpha value is -1.66. The summed E-state index contributed by atoms with van der Waals surface area (Å²) in [6.45, 7) is 2.05. The molecule has 0 saturated heterocycles. The molecule has 0 saturated carbocycles. The van der Waals surface area contributed by atoms with Gasteiger partial charge in [0.2, 0.25) is 0 Å². The van der Waals surface area contributed by atoms with Crippen LogP contribution in [0.3, 0.4) is 0 Å². The zero-order valence-corrected chi connectivity index (χ0v) is 10.6. The number of hydrogen-bond acceptors (Lipinski definition) is 5. The monoisotopic (exact) mass is 263 g/mol. The number of nitrogens with zero attached hydrogens (tertiary/aromatic N) is 1. The van der Waals surface area contributed by atoms with E-state index >= 15 is 0 Å². The van der Waals surface area contributed by atoms with E-state index in [4.69, 9.17) is 0 Å². The first kappa shape index (κ1) is 10.5. The highest BCUT2D eigenvalue weighted by atomic mass is 32.2. The van der Waals surface area contributed by atoms with Crippen molar-refractivity contribution < 1.29 is 0 Å². The smallest absolute Gasteiger partial charge is 0.307 e. The molecule has 3 rings (SSSR count). The number of nitrogens with one attached hydrogen (secondary N) is 2. The zero-order chi connectivity index (χ0) is 11.8. The molecule has 0 spiro atoms. The van der Waals surface area contributed by atoms with Crippen LogP contribution in [0.15, 0.2) is 29.1 Å². The first-order chi connectivity index (χ1) is 8.20. The minimum Gasteiger partial charge on any atom is -0.331 e. The number of aromatic nitrogens is 2. The third kappa shape index (κ3) is 2.09. The second kappa shape index (κ2) is 3.97. The molecule has 2 N–H and O–H groups in total. The number of benzene rings is 1. The van der Waals surface area contributed by atoms with Crippen molar-refractivity contribution in [3.8, 4) is 0 Å². The lowest BCUT2D eigenvalue weighted by Crippen LogP contribution is -1.92. The number of thiazole rings is 2. The van der Waals surface area contributed by atoms with Crippen molar-refractivity contribution in [1.29, 1.82) is 0 Å². The Morgan fingerprint density at radius 3 is 2.71 bits per heavy atom. The molecule has 0 amide bonds. The molecule has 0 aliphatic heterocycles. The summed E-state index contributed by atoms with van der Waals surface area (Å²) in [4.78, 5) is 18.0. The van der Waals surface area contributed by atoms with Crippen LogP contribution >= 0.6 is 22.7 Å². The van der Waals surface area contributed by atoms with Crippen molar-refractivity contribution >= 4 is 43.2 Å². The van der Waals surface area contributed by atoms with Crippen molar-refractivity contribution in [2.45, 2.75) is 6.92 Å². The largest absolute Gasteiger partial charge is 0.331 e. The van der Waals surface area contributed by atoms with Gasteiger partial charge in [0.15, 0.2) is 10.8 Å². The highest BCUT2D eigenvalue weighted by molar-refractivity contribution is 7.38. The fourth-order valence-electron chi connectivity index (χ4n) is 1.47. The van der Waals surface area contributed by atoms with Crippen LogP contribution in [0, 0.1) is 6.92 Å². The number of aryl methyl sites for hydroxylation is 1. The topological polar surface area (TPSA) is 57.8 Å². The number of rotatable bonds is 2. The lowest BCUT2D eigenvalue weighted by Gasteiger charge is -2.01. The normalized spacial score (nSPS) is 10.9. The van der Waals surface area contributed by atoms with Gasteiger partial charge in [0, 0.05) is 5.69 Å². The molecule has 0 aliphatic rings. The van der Waals surface area contributed by atoms with Gasteiger partial charge in [0.25, 0.3) is 0 Å². The van der Waals surface area contributed by atoms with E-state index in [2.05, 4.69) is 15.3 Å². The fourth-order valence-corrected chi connectivity index (χ4v) is 3.29. The number of H-pyrrole nitrogens is 1. The van der Waals surface area contributed by atoms with E-state index in [1.165, 1.54) is 28.2 Å². The molecular weight excluding hydrogens is 254 g/mol. The van der Waals surface area contributed by atoms with Crippen LogP contribution < -0.4 is 10.2 Å². The van der Waals surface area contributed by atoms with Gasteiger partial charge in [0.05, 0.1) is 0 Å². The molecule has 0 atom stereocenters. The number of hydrogen-bond donors (Lipinski definition) is 2. The third-order valence-corrected chi connectivity index (χ3v) is 4.24. The van der Waals surface area contributed by atoms with E-state index in [1.54, 1.807) is 0 Å². The molecule has 4 nitrogen and oxygen atoms in total. The Balaban J connectivity index is 1.91. The van der Waals surface area contributed by atoms with Crippen LogP contribution in [0.25, 0.3) is 9.66 Å². The van der Waals surface area contributed by atoms with Crippen LogP contribution in [-0.2, 0) is 0 Å². The predicted octanol–water partition coefficient (Wildman–Crippen LogP) is 3.10. The van der Waals surface area contributed by atoms with Crippen LogP contribution in [-0.4, -0.2) is 9.97 Å². The summed E-state index contributed by atoms with van der Waals surface area (Å²) in [6.07, 6.45) is 0. The molecule has 17 heavy (non-hydrogen) atoms. The SMILES string of the molecule is Cc1ccc(Nc2nc3[nH]c(=O)sc3s2)cc1. The predicted molar refractivity (Wildman–Crippen MR) is 72.6 cm³/mol. The molecule has 2 aromatic heterocycles. The average molecular weight is 263 g/mol. The number of anilines is 2. The van der Waals surface area contributed by atoms with Gasteiger partial charge in [0.1, 0.15) is 4.01 Å². The van der Waals surface area contributed by atoms with Crippen LogP contribution in [0.5, 0.6) is 0 Å². The summed E-state index contributed by atoms with van der Waals surface area (Å²) in [7, 11) is 0. The first-order valence-corrected chi connectivity index (χ1v) is 6.67. The van der Waals surface area contributed by atoms with Crippen molar-refractivity contribution in [3.63, 3.8) is 0 Å². The Labute approximate surface area is 105 Å². The molecule has 0 unspecified atom stereocenters. The maximum Gasteiger partial charge on any atom is 0.307 e. The van der Waals surface area contributed by atoms with Crippen LogP contribution in [0.1, 0.15) is 5.56 Å². The van der Waals surface area contributed by atoms with E-state index in [0.717, 1.165) is 14.8 Å². The Bertz CT molecular complexity index is 674. The fraction of sp³-hybridized carbons (Fsp3) is 0.0909. The van der Waals surface area contributed by atoms with Gasteiger partial charge < -0.3 is 5.32 Å². The molecule has 2 heterocycles. The van der Waals surface area contributed by atoms with E-state index in [-0.39, 0.29) is 4.87 Å². The summed E-state index contributed by atoms with van der Waals surface area (Å²) in [5, 5.41) is 4.02. The van der Waals surface area contributed by atoms with Gasteiger partial charge in [-0.2, -0.15) is 0 Å². The summed E-state index contributed by atoms with van der Waals surface area (Å²) in [5.41, 5.74) is 2.89. The summed E-state index contributed by atoms with van der Waals surface area (Å²) >= 11 is 2.67. The number of fused-ring (bicyclic) bond motifs is 1. The Morgan fingerprint density at radius 2 is 2.00 bits per heavy atom. The standard InChI is InChI=1S/C11H9N3OS2/c1-6-2-4-7(5-3-6)12-10-13-8-9(16-10)17-11(15)14-8/h2-5H,1H3,(H,12,13)(H,14,15). The zero-order valence-electron chi connectivity index (χ0n) is 8.98. The lowest BCUT2D eigenvalue weighted by atomic mass is 10.2. The van der Waals surface area contributed by atoms with Crippen molar-refractivity contribution in [2.75, 3.05) is 5.32 Å².